The van der Waals surface area contributed by atoms with Crippen LogP contribution < -0.4 is 0 Å². The number of likely N-dealkylation sites (tertiary alicyclic amines) is 1. The molecule has 0 saturated carbocycles. The van der Waals surface area contributed by atoms with Crippen molar-refractivity contribution in [2.24, 2.45) is 0 Å². The largest absolute Gasteiger partial charge is 0.336 e. The molecule has 1 aliphatic rings. The fraction of sp³-hybridized carbons (Fsp3) is 0.130. The smallest absolute Gasteiger partial charge is 0.255 e. The standard InChI is InChI=1S/C23H17FN2O3S/c24-15-9-11-16(12-10-15)30(28,29)17-13-26(14-17)23(27)22-18-5-1-3-7-20(18)25-21-8-4-2-6-19(21)22/h1-12,17H,13-14H2. The number of pyridine rings is 1. The molecule has 0 aliphatic carbocycles. The molecule has 0 N–H and O–H groups in total. The minimum Gasteiger partial charge on any atom is -0.336 e. The molecule has 0 atom stereocenters. The van der Waals surface area contributed by atoms with Gasteiger partial charge in [-0.1, -0.05) is 36.4 Å². The predicted molar refractivity (Wildman–Crippen MR) is 113 cm³/mol. The fourth-order valence-corrected chi connectivity index (χ4v) is 5.50. The molecule has 0 spiro atoms. The van der Waals surface area contributed by atoms with Crippen LogP contribution in [0, 0.1) is 5.82 Å². The maximum absolute atomic E-state index is 13.4. The van der Waals surface area contributed by atoms with Gasteiger partial charge in [0, 0.05) is 23.9 Å². The van der Waals surface area contributed by atoms with E-state index in [2.05, 4.69) is 4.98 Å². The summed E-state index contributed by atoms with van der Waals surface area (Å²) in [7, 11) is -3.63. The van der Waals surface area contributed by atoms with Crippen LogP contribution in [0.1, 0.15) is 10.4 Å². The van der Waals surface area contributed by atoms with Crippen molar-refractivity contribution in [3.8, 4) is 0 Å². The lowest BCUT2D eigenvalue weighted by Gasteiger charge is -2.39. The molecule has 0 bridgehead atoms. The first-order valence-corrected chi connectivity index (χ1v) is 11.1. The summed E-state index contributed by atoms with van der Waals surface area (Å²) in [4.78, 5) is 19.6. The number of aromatic nitrogens is 1. The van der Waals surface area contributed by atoms with E-state index in [4.69, 9.17) is 0 Å². The van der Waals surface area contributed by atoms with Crippen LogP contribution >= 0.6 is 0 Å². The average Bonchev–Trinajstić information content (AvgIpc) is 2.71. The zero-order valence-corrected chi connectivity index (χ0v) is 16.6. The van der Waals surface area contributed by atoms with Crippen molar-refractivity contribution in [1.29, 1.82) is 0 Å². The highest BCUT2D eigenvalue weighted by Gasteiger charge is 2.41. The molecular weight excluding hydrogens is 403 g/mol. The number of carbonyl (C=O) groups excluding carboxylic acids is 1. The second-order valence-electron chi connectivity index (χ2n) is 7.35. The molecule has 0 radical (unpaired) electrons. The molecule has 2 heterocycles. The molecule has 1 amide bonds. The van der Waals surface area contributed by atoms with Crippen molar-refractivity contribution in [3.63, 3.8) is 0 Å². The Morgan fingerprint density at radius 3 is 1.97 bits per heavy atom. The Hall–Kier alpha value is -3.32. The highest BCUT2D eigenvalue weighted by atomic mass is 32.2. The molecule has 1 aromatic heterocycles. The van der Waals surface area contributed by atoms with E-state index >= 15 is 0 Å². The zero-order chi connectivity index (χ0) is 20.9. The van der Waals surface area contributed by atoms with E-state index in [1.165, 1.54) is 12.1 Å². The summed E-state index contributed by atoms with van der Waals surface area (Å²) in [6, 6.07) is 19.7. The van der Waals surface area contributed by atoms with Crippen LogP contribution in [-0.2, 0) is 9.84 Å². The molecule has 3 aromatic carbocycles. The molecule has 1 aliphatic heterocycles. The second kappa shape index (κ2) is 6.88. The molecule has 1 fully saturated rings. The van der Waals surface area contributed by atoms with Crippen LogP contribution in [0.3, 0.4) is 0 Å². The van der Waals surface area contributed by atoms with E-state index in [-0.39, 0.29) is 23.9 Å². The third kappa shape index (κ3) is 2.93. The molecule has 1 saturated heterocycles. The molecule has 30 heavy (non-hydrogen) atoms. The number of hydrogen-bond donors (Lipinski definition) is 0. The Balaban J connectivity index is 1.48. The first-order chi connectivity index (χ1) is 14.4. The fourth-order valence-electron chi connectivity index (χ4n) is 3.85. The van der Waals surface area contributed by atoms with Gasteiger partial charge in [0.15, 0.2) is 9.84 Å². The van der Waals surface area contributed by atoms with Crippen molar-refractivity contribution in [2.75, 3.05) is 13.1 Å². The Bertz CT molecular complexity index is 1340. The van der Waals surface area contributed by atoms with Gasteiger partial charge in [-0.2, -0.15) is 0 Å². The van der Waals surface area contributed by atoms with Crippen LogP contribution in [0.15, 0.2) is 77.7 Å². The van der Waals surface area contributed by atoms with Gasteiger partial charge in [0.05, 0.1) is 21.5 Å². The quantitative estimate of drug-likeness (QED) is 0.373. The van der Waals surface area contributed by atoms with Crippen molar-refractivity contribution < 1.29 is 17.6 Å². The number of sulfone groups is 1. The van der Waals surface area contributed by atoms with E-state index in [9.17, 15) is 17.6 Å². The topological polar surface area (TPSA) is 67.3 Å². The van der Waals surface area contributed by atoms with Gasteiger partial charge >= 0.3 is 0 Å². The lowest BCUT2D eigenvalue weighted by Crippen LogP contribution is -2.56. The van der Waals surface area contributed by atoms with Gasteiger partial charge in [0.2, 0.25) is 0 Å². The number of fused-ring (bicyclic) bond motifs is 2. The third-order valence-corrected chi connectivity index (χ3v) is 7.62. The van der Waals surface area contributed by atoms with Crippen molar-refractivity contribution in [2.45, 2.75) is 10.1 Å². The predicted octanol–water partition coefficient (Wildman–Crippen LogP) is 3.83. The maximum atomic E-state index is 13.4. The Labute approximate surface area is 172 Å². The Morgan fingerprint density at radius 2 is 1.40 bits per heavy atom. The van der Waals surface area contributed by atoms with Crippen LogP contribution in [-0.4, -0.2) is 42.5 Å². The van der Waals surface area contributed by atoms with Gasteiger partial charge in [-0.05, 0) is 36.4 Å². The van der Waals surface area contributed by atoms with E-state index in [0.29, 0.717) is 5.56 Å². The summed E-state index contributed by atoms with van der Waals surface area (Å²) in [6.45, 7) is 0.201. The summed E-state index contributed by atoms with van der Waals surface area (Å²) in [5.74, 6) is -0.703. The number of rotatable bonds is 3. The summed E-state index contributed by atoms with van der Waals surface area (Å²) in [6.07, 6.45) is 0. The first-order valence-electron chi connectivity index (χ1n) is 9.51. The molecule has 0 unspecified atom stereocenters. The van der Waals surface area contributed by atoms with Gasteiger partial charge in [-0.3, -0.25) is 4.79 Å². The third-order valence-electron chi connectivity index (χ3n) is 5.52. The first kappa shape index (κ1) is 18.7. The number of carbonyl (C=O) groups is 1. The Kier molecular flexibility index (Phi) is 4.29. The zero-order valence-electron chi connectivity index (χ0n) is 15.8. The van der Waals surface area contributed by atoms with E-state index in [0.717, 1.165) is 33.9 Å². The number of hydrogen-bond acceptors (Lipinski definition) is 4. The normalized spacial score (nSPS) is 14.8. The van der Waals surface area contributed by atoms with Gasteiger partial charge in [-0.25, -0.2) is 17.8 Å². The maximum Gasteiger partial charge on any atom is 0.255 e. The summed E-state index contributed by atoms with van der Waals surface area (Å²) < 4.78 is 38.7. The molecule has 7 heteroatoms. The van der Waals surface area contributed by atoms with Gasteiger partial charge in [0.1, 0.15) is 11.1 Å². The van der Waals surface area contributed by atoms with Crippen molar-refractivity contribution in [3.05, 3.63) is 84.2 Å². The van der Waals surface area contributed by atoms with Gasteiger partial charge < -0.3 is 4.90 Å². The molecule has 5 nitrogen and oxygen atoms in total. The van der Waals surface area contributed by atoms with Crippen LogP contribution in [0.2, 0.25) is 0 Å². The van der Waals surface area contributed by atoms with E-state index in [1.807, 2.05) is 48.5 Å². The minimum absolute atomic E-state index is 0.0702. The summed E-state index contributed by atoms with van der Waals surface area (Å²) in [5.41, 5.74) is 1.97. The van der Waals surface area contributed by atoms with Crippen LogP contribution in [0.25, 0.3) is 21.8 Å². The lowest BCUT2D eigenvalue weighted by molar-refractivity contribution is 0.0663. The number of benzene rings is 3. The summed E-state index contributed by atoms with van der Waals surface area (Å²) >= 11 is 0. The monoisotopic (exact) mass is 420 g/mol. The number of nitrogens with zero attached hydrogens (tertiary/aromatic N) is 2. The highest BCUT2D eigenvalue weighted by molar-refractivity contribution is 7.92. The van der Waals surface area contributed by atoms with Crippen molar-refractivity contribution in [1.82, 2.24) is 9.88 Å². The second-order valence-corrected chi connectivity index (χ2v) is 9.58. The van der Waals surface area contributed by atoms with Crippen molar-refractivity contribution >= 4 is 37.6 Å². The average molecular weight is 420 g/mol. The van der Waals surface area contributed by atoms with E-state index in [1.54, 1.807) is 4.90 Å². The minimum atomic E-state index is -3.63. The lowest BCUT2D eigenvalue weighted by atomic mass is 10.00. The molecule has 5 rings (SSSR count). The summed E-state index contributed by atoms with van der Waals surface area (Å²) in [5, 5.41) is 0.781. The molecular formula is C23H17FN2O3S. The Morgan fingerprint density at radius 1 is 0.867 bits per heavy atom. The highest BCUT2D eigenvalue weighted by Crippen LogP contribution is 2.30. The molecule has 4 aromatic rings. The number of halogens is 1. The SMILES string of the molecule is O=C(c1c2ccccc2nc2ccccc12)N1CC(S(=O)(=O)c2ccc(F)cc2)C1. The van der Waals surface area contributed by atoms with Gasteiger partial charge in [-0.15, -0.1) is 0 Å². The number of para-hydroxylation sites is 2. The number of amides is 1. The van der Waals surface area contributed by atoms with Crippen LogP contribution in [0.5, 0.6) is 0 Å². The molecule has 150 valence electrons. The van der Waals surface area contributed by atoms with Gasteiger partial charge in [0.25, 0.3) is 5.91 Å². The van der Waals surface area contributed by atoms with E-state index < -0.39 is 20.9 Å². The van der Waals surface area contributed by atoms with Crippen LogP contribution in [0.4, 0.5) is 4.39 Å².